The van der Waals surface area contributed by atoms with E-state index in [1.807, 2.05) is 0 Å². The zero-order valence-electron chi connectivity index (χ0n) is 15.5. The van der Waals surface area contributed by atoms with Crippen LogP contribution in [-0.2, 0) is 33.3 Å². The maximum absolute atomic E-state index is 11.1. The van der Waals surface area contributed by atoms with Crippen LogP contribution in [0.2, 0.25) is 0 Å². The molecule has 9 nitrogen and oxygen atoms in total. The molecule has 0 aromatic rings. The standard InChI is InChI=1S/C16H31NO8S/c1-13(18)25-14(12-26-10-3-15(17)16(19)20)11-24-9-8-23-7-6-22-5-4-21-2/h14-15H,3-12,17H2,1-2H3,(H,19,20)/t14?,15-/m0/s1. The van der Waals surface area contributed by atoms with Crippen molar-refractivity contribution in [2.45, 2.75) is 25.5 Å². The van der Waals surface area contributed by atoms with Crippen LogP contribution in [0, 0.1) is 0 Å². The number of methoxy groups -OCH3 is 1. The molecule has 0 spiro atoms. The summed E-state index contributed by atoms with van der Waals surface area (Å²) in [5.74, 6) is -0.321. The van der Waals surface area contributed by atoms with Crippen molar-refractivity contribution >= 4 is 23.7 Å². The fraction of sp³-hybridized carbons (Fsp3) is 0.875. The predicted molar refractivity (Wildman–Crippen MR) is 97.4 cm³/mol. The Labute approximate surface area is 158 Å². The van der Waals surface area contributed by atoms with Crippen molar-refractivity contribution < 1.29 is 38.4 Å². The first-order valence-corrected chi connectivity index (χ1v) is 9.58. The van der Waals surface area contributed by atoms with Crippen LogP contribution in [-0.4, -0.2) is 94.1 Å². The van der Waals surface area contributed by atoms with Gasteiger partial charge >= 0.3 is 11.9 Å². The summed E-state index contributed by atoms with van der Waals surface area (Å²) in [7, 11) is 1.61. The molecule has 0 aliphatic rings. The summed E-state index contributed by atoms with van der Waals surface area (Å²) in [5, 5.41) is 8.72. The van der Waals surface area contributed by atoms with Crippen molar-refractivity contribution in [3.05, 3.63) is 0 Å². The van der Waals surface area contributed by atoms with Crippen molar-refractivity contribution in [2.75, 3.05) is 64.9 Å². The molecule has 0 fully saturated rings. The van der Waals surface area contributed by atoms with Crippen LogP contribution in [0.5, 0.6) is 0 Å². The van der Waals surface area contributed by atoms with Gasteiger partial charge in [0.25, 0.3) is 0 Å². The van der Waals surface area contributed by atoms with E-state index >= 15 is 0 Å². The van der Waals surface area contributed by atoms with Crippen LogP contribution >= 0.6 is 11.8 Å². The highest BCUT2D eigenvalue weighted by Crippen LogP contribution is 2.10. The molecular formula is C16H31NO8S. The molecule has 26 heavy (non-hydrogen) atoms. The van der Waals surface area contributed by atoms with Crippen LogP contribution in [0.15, 0.2) is 0 Å². The van der Waals surface area contributed by atoms with Gasteiger partial charge in [0.1, 0.15) is 12.1 Å². The minimum atomic E-state index is -1.02. The lowest BCUT2D eigenvalue weighted by Gasteiger charge is -2.17. The monoisotopic (exact) mass is 397 g/mol. The van der Waals surface area contributed by atoms with E-state index in [0.717, 1.165) is 0 Å². The second-order valence-electron chi connectivity index (χ2n) is 5.33. The Morgan fingerprint density at radius 2 is 1.62 bits per heavy atom. The number of ether oxygens (including phenoxy) is 5. The van der Waals surface area contributed by atoms with Crippen LogP contribution < -0.4 is 5.73 Å². The average molecular weight is 397 g/mol. The van der Waals surface area contributed by atoms with Gasteiger partial charge in [-0.1, -0.05) is 0 Å². The molecule has 0 radical (unpaired) electrons. The third-order valence-electron chi connectivity index (χ3n) is 3.01. The molecule has 3 N–H and O–H groups in total. The van der Waals surface area contributed by atoms with E-state index in [2.05, 4.69) is 0 Å². The van der Waals surface area contributed by atoms with E-state index in [1.54, 1.807) is 7.11 Å². The molecule has 10 heteroatoms. The van der Waals surface area contributed by atoms with E-state index in [4.69, 9.17) is 34.5 Å². The Morgan fingerprint density at radius 3 is 2.15 bits per heavy atom. The number of rotatable bonds is 18. The van der Waals surface area contributed by atoms with Gasteiger partial charge in [-0.25, -0.2) is 0 Å². The third kappa shape index (κ3) is 16.6. The summed E-state index contributed by atoms with van der Waals surface area (Å²) in [5.41, 5.74) is 5.43. The summed E-state index contributed by atoms with van der Waals surface area (Å²) in [4.78, 5) is 21.8. The summed E-state index contributed by atoms with van der Waals surface area (Å²) in [6, 6.07) is -0.874. The van der Waals surface area contributed by atoms with Crippen LogP contribution in [0.4, 0.5) is 0 Å². The number of thioether (sulfide) groups is 1. The number of carboxylic acid groups (broad SMARTS) is 1. The third-order valence-corrected chi connectivity index (χ3v) is 4.14. The quantitative estimate of drug-likeness (QED) is 0.244. The van der Waals surface area contributed by atoms with Gasteiger partial charge in [-0.2, -0.15) is 11.8 Å². The summed E-state index contributed by atoms with van der Waals surface area (Å²) in [6.07, 6.45) is -0.0376. The second-order valence-corrected chi connectivity index (χ2v) is 6.48. The molecule has 154 valence electrons. The lowest BCUT2D eigenvalue weighted by molar-refractivity contribution is -0.148. The highest BCUT2D eigenvalue weighted by Gasteiger charge is 2.15. The van der Waals surface area contributed by atoms with Gasteiger partial charge in [0.2, 0.25) is 0 Å². The Bertz CT molecular complexity index is 372. The molecule has 0 aliphatic heterocycles. The number of aliphatic carboxylic acids is 1. The minimum Gasteiger partial charge on any atom is -0.480 e. The summed E-state index contributed by atoms with van der Waals surface area (Å²) >= 11 is 1.47. The molecule has 1 unspecified atom stereocenters. The number of carboxylic acids is 1. The highest BCUT2D eigenvalue weighted by atomic mass is 32.2. The molecule has 2 atom stereocenters. The van der Waals surface area contributed by atoms with Crippen molar-refractivity contribution in [3.8, 4) is 0 Å². The summed E-state index contributed by atoms with van der Waals surface area (Å²) < 4.78 is 26.1. The molecular weight excluding hydrogens is 366 g/mol. The Morgan fingerprint density at radius 1 is 1.04 bits per heavy atom. The number of nitrogens with two attached hydrogens (primary N) is 1. The van der Waals surface area contributed by atoms with Crippen LogP contribution in [0.3, 0.4) is 0 Å². The molecule has 0 aliphatic carbocycles. The number of carbonyl (C=O) groups excluding carboxylic acids is 1. The Hall–Kier alpha value is -0.910. The maximum atomic E-state index is 11.1. The van der Waals surface area contributed by atoms with Gasteiger partial charge < -0.3 is 34.5 Å². The molecule has 0 bridgehead atoms. The van der Waals surface area contributed by atoms with Gasteiger partial charge in [0.05, 0.1) is 46.2 Å². The van der Waals surface area contributed by atoms with Gasteiger partial charge in [-0.3, -0.25) is 9.59 Å². The van der Waals surface area contributed by atoms with Crippen molar-refractivity contribution in [1.82, 2.24) is 0 Å². The van der Waals surface area contributed by atoms with E-state index in [1.165, 1.54) is 18.7 Å². The lowest BCUT2D eigenvalue weighted by atomic mass is 10.2. The molecule has 0 aromatic carbocycles. The van der Waals surface area contributed by atoms with Gasteiger partial charge in [-0.05, 0) is 12.2 Å². The number of hydrogen-bond donors (Lipinski definition) is 2. The summed E-state index contributed by atoms with van der Waals surface area (Å²) in [6.45, 7) is 4.45. The van der Waals surface area contributed by atoms with Gasteiger partial charge in [0.15, 0.2) is 0 Å². The minimum absolute atomic E-state index is 0.255. The first kappa shape index (κ1) is 25.1. The smallest absolute Gasteiger partial charge is 0.320 e. The SMILES string of the molecule is COCCOCCOCCOCC(CSCC[C@H](N)C(=O)O)OC(C)=O. The molecule has 0 rings (SSSR count). The largest absolute Gasteiger partial charge is 0.480 e. The first-order chi connectivity index (χ1) is 12.5. The normalized spacial score (nSPS) is 13.3. The highest BCUT2D eigenvalue weighted by molar-refractivity contribution is 7.99. The van der Waals surface area contributed by atoms with Crippen molar-refractivity contribution in [1.29, 1.82) is 0 Å². The van der Waals surface area contributed by atoms with Gasteiger partial charge in [-0.15, -0.1) is 0 Å². The first-order valence-electron chi connectivity index (χ1n) is 8.42. The molecule has 0 saturated heterocycles. The van der Waals surface area contributed by atoms with E-state index in [-0.39, 0.29) is 12.6 Å². The van der Waals surface area contributed by atoms with E-state index < -0.39 is 18.1 Å². The lowest BCUT2D eigenvalue weighted by Crippen LogP contribution is -2.31. The van der Waals surface area contributed by atoms with E-state index in [9.17, 15) is 9.59 Å². The van der Waals surface area contributed by atoms with Crippen molar-refractivity contribution in [3.63, 3.8) is 0 Å². The molecule has 0 amide bonds. The average Bonchev–Trinajstić information content (AvgIpc) is 2.59. The fourth-order valence-corrected chi connectivity index (χ4v) is 2.71. The van der Waals surface area contributed by atoms with E-state index in [0.29, 0.717) is 57.6 Å². The Kier molecular flexibility index (Phi) is 16.9. The maximum Gasteiger partial charge on any atom is 0.320 e. The number of carbonyl (C=O) groups is 2. The Balaban J connectivity index is 3.71. The van der Waals surface area contributed by atoms with Gasteiger partial charge in [0, 0.05) is 19.8 Å². The topological polar surface area (TPSA) is 127 Å². The van der Waals surface area contributed by atoms with Crippen LogP contribution in [0.1, 0.15) is 13.3 Å². The zero-order chi connectivity index (χ0) is 19.6. The zero-order valence-corrected chi connectivity index (χ0v) is 16.3. The fourth-order valence-electron chi connectivity index (χ4n) is 1.70. The second kappa shape index (κ2) is 17.5. The van der Waals surface area contributed by atoms with Crippen molar-refractivity contribution in [2.24, 2.45) is 5.73 Å². The predicted octanol–water partition coefficient (Wildman–Crippen LogP) is 0.150. The van der Waals surface area contributed by atoms with Crippen LogP contribution in [0.25, 0.3) is 0 Å². The number of esters is 1. The molecule has 0 heterocycles. The molecule has 0 aromatic heterocycles. The number of hydrogen-bond acceptors (Lipinski definition) is 9. The molecule has 0 saturated carbocycles.